The van der Waals surface area contributed by atoms with Gasteiger partial charge in [0.2, 0.25) is 0 Å². The molecule has 0 bridgehead atoms. The molecule has 0 saturated carbocycles. The lowest BCUT2D eigenvalue weighted by Crippen LogP contribution is -1.99. The average molecular weight is 274 g/mol. The molecule has 0 aliphatic heterocycles. The maximum absolute atomic E-state index is 8.99. The summed E-state index contributed by atoms with van der Waals surface area (Å²) in [6.45, 7) is 3.81. The van der Waals surface area contributed by atoms with Crippen molar-refractivity contribution in [3.63, 3.8) is 0 Å². The van der Waals surface area contributed by atoms with Crippen molar-refractivity contribution in [2.75, 3.05) is 7.11 Å². The molecule has 1 aromatic heterocycles. The Morgan fingerprint density at radius 2 is 1.95 bits per heavy atom. The summed E-state index contributed by atoms with van der Waals surface area (Å²) in [5.41, 5.74) is 3.76. The predicted molar refractivity (Wildman–Crippen MR) is 73.2 cm³/mol. The molecule has 0 N–H and O–H groups in total. The number of halogens is 1. The molecule has 4 nitrogen and oxygen atoms in total. The minimum absolute atomic E-state index is 0.386. The minimum atomic E-state index is 0.386. The maximum Gasteiger partial charge on any atom is 0.154 e. The lowest BCUT2D eigenvalue weighted by Gasteiger charge is -2.12. The Hall–Kier alpha value is -2.12. The van der Waals surface area contributed by atoms with E-state index in [-0.39, 0.29) is 0 Å². The molecule has 5 heteroatoms. The molecule has 0 saturated heterocycles. The predicted octanol–water partition coefficient (Wildman–Crippen LogP) is 3.29. The molecular formula is C14H12ClN3O. The number of nitrogens with zero attached hydrogens (tertiary/aromatic N) is 3. The van der Waals surface area contributed by atoms with Crippen molar-refractivity contribution in [1.82, 2.24) is 10.2 Å². The van der Waals surface area contributed by atoms with Gasteiger partial charge in [-0.2, -0.15) is 5.26 Å². The number of benzene rings is 1. The van der Waals surface area contributed by atoms with Crippen LogP contribution in [-0.2, 0) is 0 Å². The molecule has 0 fully saturated rings. The molecule has 2 rings (SSSR count). The minimum Gasteiger partial charge on any atom is -0.496 e. The number of ether oxygens (including phenoxy) is 1. The lowest BCUT2D eigenvalue weighted by molar-refractivity contribution is 0.416. The van der Waals surface area contributed by atoms with Crippen molar-refractivity contribution in [2.24, 2.45) is 0 Å². The fraction of sp³-hybridized carbons (Fsp3) is 0.214. The molecule has 0 unspecified atom stereocenters. The summed E-state index contributed by atoms with van der Waals surface area (Å²) in [4.78, 5) is 0. The molecule has 0 aliphatic rings. The van der Waals surface area contributed by atoms with Gasteiger partial charge in [0.05, 0.1) is 24.4 Å². The van der Waals surface area contributed by atoms with E-state index in [2.05, 4.69) is 16.3 Å². The third kappa shape index (κ3) is 2.38. The number of rotatable bonds is 2. The first kappa shape index (κ1) is 13.3. The molecule has 0 aliphatic carbocycles. The van der Waals surface area contributed by atoms with E-state index in [0.29, 0.717) is 22.2 Å². The Morgan fingerprint density at radius 1 is 1.21 bits per heavy atom. The number of hydrogen-bond donors (Lipinski definition) is 0. The van der Waals surface area contributed by atoms with Crippen LogP contribution in [0.1, 0.15) is 16.7 Å². The summed E-state index contributed by atoms with van der Waals surface area (Å²) in [6.07, 6.45) is 0. The monoisotopic (exact) mass is 273 g/mol. The van der Waals surface area contributed by atoms with Crippen LogP contribution in [0, 0.1) is 25.2 Å². The van der Waals surface area contributed by atoms with Crippen molar-refractivity contribution in [2.45, 2.75) is 13.8 Å². The zero-order valence-corrected chi connectivity index (χ0v) is 11.6. The van der Waals surface area contributed by atoms with E-state index >= 15 is 0 Å². The van der Waals surface area contributed by atoms with Crippen LogP contribution in [0.2, 0.25) is 5.15 Å². The average Bonchev–Trinajstić information content (AvgIpc) is 2.44. The van der Waals surface area contributed by atoms with Crippen LogP contribution in [0.25, 0.3) is 11.3 Å². The second-order valence-corrected chi connectivity index (χ2v) is 4.47. The zero-order valence-electron chi connectivity index (χ0n) is 10.9. The summed E-state index contributed by atoms with van der Waals surface area (Å²) < 4.78 is 5.31. The van der Waals surface area contributed by atoms with Gasteiger partial charge in [-0.05, 0) is 43.2 Å². The molecule has 19 heavy (non-hydrogen) atoms. The van der Waals surface area contributed by atoms with Crippen molar-refractivity contribution in [1.29, 1.82) is 5.26 Å². The van der Waals surface area contributed by atoms with Gasteiger partial charge in [0.1, 0.15) is 5.75 Å². The molecule has 0 radical (unpaired) electrons. The van der Waals surface area contributed by atoms with Gasteiger partial charge in [-0.25, -0.2) is 0 Å². The van der Waals surface area contributed by atoms with Crippen molar-refractivity contribution >= 4 is 11.6 Å². The van der Waals surface area contributed by atoms with Gasteiger partial charge in [-0.1, -0.05) is 11.6 Å². The van der Waals surface area contributed by atoms with E-state index < -0.39 is 0 Å². The maximum atomic E-state index is 8.99. The van der Waals surface area contributed by atoms with Crippen molar-refractivity contribution in [3.8, 4) is 23.1 Å². The molecule has 0 spiro atoms. The van der Waals surface area contributed by atoms with Gasteiger partial charge in [-0.15, -0.1) is 10.2 Å². The first-order chi connectivity index (χ1) is 9.08. The fourth-order valence-corrected chi connectivity index (χ4v) is 1.97. The number of hydrogen-bond acceptors (Lipinski definition) is 4. The van der Waals surface area contributed by atoms with Gasteiger partial charge >= 0.3 is 0 Å². The third-order valence-corrected chi connectivity index (χ3v) is 3.41. The largest absolute Gasteiger partial charge is 0.496 e. The Morgan fingerprint density at radius 3 is 2.58 bits per heavy atom. The van der Waals surface area contributed by atoms with Gasteiger partial charge in [0.15, 0.2) is 5.15 Å². The normalized spacial score (nSPS) is 10.1. The van der Waals surface area contributed by atoms with Crippen molar-refractivity contribution in [3.05, 3.63) is 40.0 Å². The first-order valence-electron chi connectivity index (χ1n) is 5.66. The molecule has 1 aromatic carbocycles. The third-order valence-electron chi connectivity index (χ3n) is 3.05. The highest BCUT2D eigenvalue weighted by Crippen LogP contribution is 2.33. The Bertz CT molecular complexity index is 677. The zero-order chi connectivity index (χ0) is 14.0. The standard InChI is InChI=1S/C14H12ClN3O/c1-8-9(2)14(15)18-17-13(8)11-6-10(7-16)4-5-12(11)19-3/h4-6H,1-3H3. The highest BCUT2D eigenvalue weighted by Gasteiger charge is 2.14. The lowest BCUT2D eigenvalue weighted by atomic mass is 10.0. The molecule has 0 atom stereocenters. The molecule has 0 amide bonds. The number of methoxy groups -OCH3 is 1. The second-order valence-electron chi connectivity index (χ2n) is 4.12. The van der Waals surface area contributed by atoms with Crippen LogP contribution >= 0.6 is 11.6 Å². The smallest absolute Gasteiger partial charge is 0.154 e. The Kier molecular flexibility index (Phi) is 3.68. The second kappa shape index (κ2) is 5.25. The summed E-state index contributed by atoms with van der Waals surface area (Å²) in [6, 6.07) is 7.29. The quantitative estimate of drug-likeness (QED) is 0.842. The van der Waals surface area contributed by atoms with Crippen LogP contribution in [0.5, 0.6) is 5.75 Å². The van der Waals surface area contributed by atoms with Crippen LogP contribution in [-0.4, -0.2) is 17.3 Å². The summed E-state index contributed by atoms with van der Waals surface area (Å²) in [7, 11) is 1.58. The summed E-state index contributed by atoms with van der Waals surface area (Å²) >= 11 is 5.95. The highest BCUT2D eigenvalue weighted by molar-refractivity contribution is 6.30. The van der Waals surface area contributed by atoms with Gasteiger partial charge in [0.25, 0.3) is 0 Å². The van der Waals surface area contributed by atoms with Crippen LogP contribution < -0.4 is 4.74 Å². The van der Waals surface area contributed by atoms with E-state index in [0.717, 1.165) is 16.7 Å². The van der Waals surface area contributed by atoms with Gasteiger partial charge in [-0.3, -0.25) is 0 Å². The summed E-state index contributed by atoms with van der Waals surface area (Å²) in [5, 5.41) is 17.4. The van der Waals surface area contributed by atoms with E-state index in [4.69, 9.17) is 21.6 Å². The first-order valence-corrected chi connectivity index (χ1v) is 6.04. The van der Waals surface area contributed by atoms with E-state index in [1.807, 2.05) is 13.8 Å². The highest BCUT2D eigenvalue weighted by atomic mass is 35.5. The van der Waals surface area contributed by atoms with Gasteiger partial charge < -0.3 is 4.74 Å². The van der Waals surface area contributed by atoms with Crippen LogP contribution in [0.15, 0.2) is 18.2 Å². The molecular weight excluding hydrogens is 262 g/mol. The SMILES string of the molecule is COc1ccc(C#N)cc1-c1nnc(Cl)c(C)c1C. The Labute approximate surface area is 116 Å². The molecule has 2 aromatic rings. The van der Waals surface area contributed by atoms with E-state index in [1.54, 1.807) is 25.3 Å². The van der Waals surface area contributed by atoms with E-state index in [9.17, 15) is 0 Å². The number of nitriles is 1. The topological polar surface area (TPSA) is 58.8 Å². The van der Waals surface area contributed by atoms with Crippen molar-refractivity contribution < 1.29 is 4.74 Å². The number of aromatic nitrogens is 2. The Balaban J connectivity index is 2.71. The van der Waals surface area contributed by atoms with E-state index in [1.165, 1.54) is 0 Å². The molecule has 1 heterocycles. The van der Waals surface area contributed by atoms with Gasteiger partial charge in [0, 0.05) is 5.56 Å². The summed E-state index contributed by atoms with van der Waals surface area (Å²) in [5.74, 6) is 0.651. The van der Waals surface area contributed by atoms with Crippen LogP contribution in [0.3, 0.4) is 0 Å². The molecule has 96 valence electrons. The fourth-order valence-electron chi connectivity index (χ4n) is 1.79. The van der Waals surface area contributed by atoms with Crippen LogP contribution in [0.4, 0.5) is 0 Å².